The summed E-state index contributed by atoms with van der Waals surface area (Å²) < 4.78 is 5.22. The lowest BCUT2D eigenvalue weighted by Crippen LogP contribution is -2.24. The molecule has 0 aromatic heterocycles. The van der Waals surface area contributed by atoms with Gasteiger partial charge in [0, 0.05) is 18.6 Å². The first-order chi connectivity index (χ1) is 15.4. The van der Waals surface area contributed by atoms with E-state index >= 15 is 0 Å². The molecule has 4 rings (SSSR count). The van der Waals surface area contributed by atoms with Gasteiger partial charge in [-0.1, -0.05) is 23.9 Å². The van der Waals surface area contributed by atoms with Gasteiger partial charge in [0.2, 0.25) is 0 Å². The largest absolute Gasteiger partial charge is 0.497 e. The molecule has 0 bridgehead atoms. The van der Waals surface area contributed by atoms with Crippen molar-refractivity contribution in [2.75, 3.05) is 7.11 Å². The number of thioether (sulfide) groups is 1. The fourth-order valence-corrected chi connectivity index (χ4v) is 4.54. The van der Waals surface area contributed by atoms with E-state index in [0.29, 0.717) is 28.6 Å². The third-order valence-corrected chi connectivity index (χ3v) is 6.25. The van der Waals surface area contributed by atoms with Crippen LogP contribution in [0.3, 0.4) is 0 Å². The van der Waals surface area contributed by atoms with Crippen LogP contribution in [0.5, 0.6) is 5.75 Å². The predicted octanol–water partition coefficient (Wildman–Crippen LogP) is 3.23. The molecule has 11 heteroatoms. The van der Waals surface area contributed by atoms with E-state index in [0.717, 1.165) is 17.3 Å². The van der Waals surface area contributed by atoms with E-state index in [-0.39, 0.29) is 18.2 Å². The van der Waals surface area contributed by atoms with Crippen molar-refractivity contribution in [3.05, 3.63) is 69.8 Å². The number of rotatable bonds is 6. The van der Waals surface area contributed by atoms with Gasteiger partial charge < -0.3 is 9.84 Å². The maximum atomic E-state index is 12.2. The van der Waals surface area contributed by atoms with Crippen molar-refractivity contribution in [2.24, 2.45) is 10.1 Å². The average molecular weight is 454 g/mol. The zero-order chi connectivity index (χ0) is 22.8. The number of amidine groups is 1. The van der Waals surface area contributed by atoms with Crippen LogP contribution < -0.4 is 4.74 Å². The van der Waals surface area contributed by atoms with E-state index < -0.39 is 22.0 Å². The molecule has 164 valence electrons. The monoisotopic (exact) mass is 454 g/mol. The van der Waals surface area contributed by atoms with Crippen LogP contribution in [0.1, 0.15) is 30.0 Å². The second-order valence-corrected chi connectivity index (χ2v) is 8.30. The van der Waals surface area contributed by atoms with E-state index in [4.69, 9.17) is 9.84 Å². The molecule has 0 radical (unpaired) electrons. The molecule has 2 unspecified atom stereocenters. The molecule has 0 fully saturated rings. The average Bonchev–Trinajstić information content (AvgIpc) is 3.37. The molecule has 0 aliphatic carbocycles. The number of nitro groups is 1. The van der Waals surface area contributed by atoms with E-state index in [2.05, 4.69) is 10.1 Å². The number of carbonyl (C=O) groups is 2. The van der Waals surface area contributed by atoms with Crippen molar-refractivity contribution >= 4 is 40.2 Å². The van der Waals surface area contributed by atoms with Crippen LogP contribution in [-0.2, 0) is 9.59 Å². The maximum absolute atomic E-state index is 12.2. The Morgan fingerprint density at radius 1 is 1.25 bits per heavy atom. The first-order valence-corrected chi connectivity index (χ1v) is 10.5. The highest BCUT2D eigenvalue weighted by molar-refractivity contribution is 8.15. The molecule has 2 aliphatic heterocycles. The number of benzene rings is 2. The minimum Gasteiger partial charge on any atom is -0.497 e. The quantitative estimate of drug-likeness (QED) is 0.519. The molecule has 1 amide bonds. The lowest BCUT2D eigenvalue weighted by molar-refractivity contribution is -0.384. The number of nitro benzene ring substituents is 1. The van der Waals surface area contributed by atoms with Crippen LogP contribution >= 0.6 is 11.8 Å². The van der Waals surface area contributed by atoms with Crippen LogP contribution in [0, 0.1) is 10.1 Å². The number of hydrogen-bond donors (Lipinski definition) is 1. The molecule has 1 N–H and O–H groups in total. The van der Waals surface area contributed by atoms with Crippen molar-refractivity contribution in [3.63, 3.8) is 0 Å². The number of amides is 1. The van der Waals surface area contributed by atoms with Crippen molar-refractivity contribution in [2.45, 2.75) is 24.1 Å². The number of carboxylic acids is 1. The van der Waals surface area contributed by atoms with E-state index in [1.807, 2.05) is 24.3 Å². The Labute approximate surface area is 186 Å². The number of aliphatic carboxylic acids is 1. The summed E-state index contributed by atoms with van der Waals surface area (Å²) in [6, 6.07) is 13.2. The van der Waals surface area contributed by atoms with Crippen LogP contribution in [0.4, 0.5) is 5.69 Å². The number of carbonyl (C=O) groups excluding carboxylic acids is 1. The molecule has 2 aromatic carbocycles. The van der Waals surface area contributed by atoms with Crippen LogP contribution in [0.15, 0.2) is 58.6 Å². The third kappa shape index (κ3) is 4.33. The highest BCUT2D eigenvalue weighted by Crippen LogP contribution is 2.39. The zero-order valence-corrected chi connectivity index (χ0v) is 17.7. The van der Waals surface area contributed by atoms with Gasteiger partial charge in [-0.25, -0.2) is 5.01 Å². The number of nitrogens with zero attached hydrogens (tertiary/aromatic N) is 4. The minimum atomic E-state index is -1.07. The van der Waals surface area contributed by atoms with Gasteiger partial charge >= 0.3 is 5.97 Å². The second kappa shape index (κ2) is 8.79. The second-order valence-electron chi connectivity index (χ2n) is 7.13. The molecule has 2 aromatic rings. The van der Waals surface area contributed by atoms with Gasteiger partial charge in [-0.3, -0.25) is 19.7 Å². The molecule has 0 saturated heterocycles. The summed E-state index contributed by atoms with van der Waals surface area (Å²) in [7, 11) is 1.57. The highest BCUT2D eigenvalue weighted by atomic mass is 32.2. The van der Waals surface area contributed by atoms with Gasteiger partial charge in [-0.05, 0) is 35.4 Å². The Morgan fingerprint density at radius 3 is 2.53 bits per heavy atom. The minimum absolute atomic E-state index is 0.0197. The molecule has 2 aliphatic rings. The van der Waals surface area contributed by atoms with Crippen molar-refractivity contribution in [1.29, 1.82) is 0 Å². The summed E-state index contributed by atoms with van der Waals surface area (Å²) >= 11 is 1.08. The number of aliphatic imine (C=N–C) groups is 1. The smallest absolute Gasteiger partial charge is 0.305 e. The Morgan fingerprint density at radius 2 is 1.94 bits per heavy atom. The van der Waals surface area contributed by atoms with Gasteiger partial charge in [-0.2, -0.15) is 10.1 Å². The third-order valence-electron chi connectivity index (χ3n) is 5.11. The van der Waals surface area contributed by atoms with Gasteiger partial charge in [0.25, 0.3) is 11.6 Å². The van der Waals surface area contributed by atoms with Gasteiger partial charge in [0.15, 0.2) is 5.17 Å². The SMILES string of the molecule is COc1ccc(C2CC(c3ccc([N+](=O)[O-])cc3)=NN2C2=NC(=O)C(CC(=O)O)S2)cc1. The summed E-state index contributed by atoms with van der Waals surface area (Å²) in [5.41, 5.74) is 2.28. The van der Waals surface area contributed by atoms with E-state index in [1.54, 1.807) is 24.3 Å². The summed E-state index contributed by atoms with van der Waals surface area (Å²) in [6.07, 6.45) is 0.151. The molecule has 32 heavy (non-hydrogen) atoms. The lowest BCUT2D eigenvalue weighted by atomic mass is 9.98. The Hall–Kier alpha value is -3.73. The van der Waals surface area contributed by atoms with E-state index in [9.17, 15) is 19.7 Å². The molecule has 2 heterocycles. The zero-order valence-electron chi connectivity index (χ0n) is 16.9. The van der Waals surface area contributed by atoms with Crippen LogP contribution in [0.25, 0.3) is 0 Å². The summed E-state index contributed by atoms with van der Waals surface area (Å²) in [5, 5.41) is 25.8. The summed E-state index contributed by atoms with van der Waals surface area (Å²) in [4.78, 5) is 37.8. The molecule has 0 spiro atoms. The number of ether oxygens (including phenoxy) is 1. The van der Waals surface area contributed by atoms with Crippen LogP contribution in [-0.4, -0.2) is 50.2 Å². The molecule has 10 nitrogen and oxygen atoms in total. The predicted molar refractivity (Wildman–Crippen MR) is 118 cm³/mol. The van der Waals surface area contributed by atoms with Gasteiger partial charge in [-0.15, -0.1) is 0 Å². The number of carboxylic acid groups (broad SMARTS) is 1. The van der Waals surface area contributed by atoms with Crippen molar-refractivity contribution < 1.29 is 24.4 Å². The van der Waals surface area contributed by atoms with Gasteiger partial charge in [0.05, 0.1) is 30.2 Å². The first-order valence-electron chi connectivity index (χ1n) is 9.62. The van der Waals surface area contributed by atoms with E-state index in [1.165, 1.54) is 12.1 Å². The molecular weight excluding hydrogens is 436 g/mol. The fraction of sp³-hybridized carbons (Fsp3) is 0.238. The molecular formula is C21H18N4O6S. The summed E-state index contributed by atoms with van der Waals surface area (Å²) in [5.74, 6) is -0.880. The molecule has 0 saturated carbocycles. The van der Waals surface area contributed by atoms with Crippen LogP contribution in [0.2, 0.25) is 0 Å². The maximum Gasteiger partial charge on any atom is 0.305 e. The Bertz CT molecular complexity index is 1130. The Kier molecular flexibility index (Phi) is 5.91. The normalized spacial score (nSPS) is 20.2. The highest BCUT2D eigenvalue weighted by Gasteiger charge is 2.39. The topological polar surface area (TPSA) is 135 Å². The number of non-ortho nitro benzene ring substituents is 1. The van der Waals surface area contributed by atoms with Crippen molar-refractivity contribution in [3.8, 4) is 5.75 Å². The fourth-order valence-electron chi connectivity index (χ4n) is 3.49. The first kappa shape index (κ1) is 21.5. The van der Waals surface area contributed by atoms with Crippen molar-refractivity contribution in [1.82, 2.24) is 5.01 Å². The number of hydrogen-bond acceptors (Lipinski definition) is 8. The Balaban J connectivity index is 1.66. The lowest BCUT2D eigenvalue weighted by Gasteiger charge is -2.23. The number of methoxy groups -OCH3 is 1. The molecule has 2 atom stereocenters. The number of hydrazone groups is 1. The summed E-state index contributed by atoms with van der Waals surface area (Å²) in [6.45, 7) is 0. The van der Waals surface area contributed by atoms with Gasteiger partial charge in [0.1, 0.15) is 11.0 Å². The standard InChI is InChI=1S/C21H18N4O6S/c1-31-15-8-4-13(5-9-15)17-10-16(12-2-6-14(7-3-12)25(29)30)23-24(17)21-22-20(28)18(32-21)11-19(26)27/h2-9,17-18H,10-11H2,1H3,(H,26,27).